The van der Waals surface area contributed by atoms with E-state index in [2.05, 4.69) is 46.4 Å². The molecule has 90 valence electrons. The van der Waals surface area contributed by atoms with Crippen LogP contribution < -0.4 is 4.98 Å². The first kappa shape index (κ1) is 13.2. The summed E-state index contributed by atoms with van der Waals surface area (Å²) >= 11 is 0. The van der Waals surface area contributed by atoms with E-state index in [-0.39, 0.29) is 0 Å². The maximum Gasteiger partial charge on any atom is 0.240 e. The predicted octanol–water partition coefficient (Wildman–Crippen LogP) is 4.19. The van der Waals surface area contributed by atoms with E-state index in [1.807, 2.05) is 34.0 Å². The van der Waals surface area contributed by atoms with Crippen LogP contribution >= 0.6 is 0 Å². The molecule has 0 amide bonds. The van der Waals surface area contributed by atoms with Crippen LogP contribution in [0.25, 0.3) is 21.8 Å². The number of aromatic amines is 2. The van der Waals surface area contributed by atoms with Gasteiger partial charge in [0.1, 0.15) is 0 Å². The first-order valence-electron chi connectivity index (χ1n) is 6.32. The van der Waals surface area contributed by atoms with Gasteiger partial charge in [-0.25, -0.2) is 9.97 Å². The van der Waals surface area contributed by atoms with Crippen LogP contribution in [0.3, 0.4) is 0 Å². The van der Waals surface area contributed by atoms with Crippen molar-refractivity contribution in [1.29, 1.82) is 0 Å². The van der Waals surface area contributed by atoms with Gasteiger partial charge in [0.05, 0.1) is 0 Å². The largest absolute Gasteiger partial charge is 0.244 e. The summed E-state index contributed by atoms with van der Waals surface area (Å²) in [4.78, 5) is 6.36. The molecule has 0 saturated carbocycles. The van der Waals surface area contributed by atoms with Gasteiger partial charge in [0.25, 0.3) is 0 Å². The fourth-order valence-corrected chi connectivity index (χ4v) is 1.73. The Kier molecular flexibility index (Phi) is 5.21. The van der Waals surface area contributed by atoms with Crippen LogP contribution in [0, 0.1) is 0 Å². The summed E-state index contributed by atoms with van der Waals surface area (Å²) in [5.74, 6) is 0. The van der Waals surface area contributed by atoms with Crippen molar-refractivity contribution < 1.29 is 4.98 Å². The van der Waals surface area contributed by atoms with Gasteiger partial charge < -0.3 is 0 Å². The number of H-pyrrole nitrogens is 2. The van der Waals surface area contributed by atoms with Crippen LogP contribution in [0.1, 0.15) is 27.7 Å². The van der Waals surface area contributed by atoms with Gasteiger partial charge in [-0.3, -0.25) is 0 Å². The number of imidazole rings is 1. The molecule has 0 aliphatic carbocycles. The maximum atomic E-state index is 3.21. The lowest BCUT2D eigenvalue weighted by Crippen LogP contribution is -1.94. The van der Waals surface area contributed by atoms with Crippen LogP contribution in [-0.2, 0) is 0 Å². The molecule has 0 atom stereocenters. The second-order valence-electron chi connectivity index (χ2n) is 3.14. The molecule has 2 aromatic carbocycles. The fourth-order valence-electron chi connectivity index (χ4n) is 1.73. The molecule has 3 rings (SSSR count). The molecule has 2 N–H and O–H groups in total. The van der Waals surface area contributed by atoms with E-state index in [1.165, 1.54) is 16.3 Å². The van der Waals surface area contributed by atoms with Crippen molar-refractivity contribution in [3.8, 4) is 0 Å². The summed E-state index contributed by atoms with van der Waals surface area (Å²) in [5, 5.41) is 2.53. The Labute approximate surface area is 103 Å². The minimum atomic E-state index is 1.15. The zero-order valence-corrected chi connectivity index (χ0v) is 11.0. The zero-order valence-electron chi connectivity index (χ0n) is 11.0. The molecule has 3 aromatic rings. The third-order valence-electron chi connectivity index (χ3n) is 2.37. The molecule has 0 aliphatic rings. The van der Waals surface area contributed by atoms with Gasteiger partial charge in [-0.2, -0.15) is 0 Å². The van der Waals surface area contributed by atoms with Crippen LogP contribution in [0.2, 0.25) is 0 Å². The van der Waals surface area contributed by atoms with E-state index in [4.69, 9.17) is 0 Å². The maximum absolute atomic E-state index is 3.21. The number of hydrogen-bond acceptors (Lipinski definition) is 0. The van der Waals surface area contributed by atoms with Crippen molar-refractivity contribution in [2.24, 2.45) is 0 Å². The van der Waals surface area contributed by atoms with Crippen molar-refractivity contribution in [2.45, 2.75) is 27.7 Å². The summed E-state index contributed by atoms with van der Waals surface area (Å²) in [6.07, 6.45) is 1.86. The molecule has 1 aromatic heterocycles. The van der Waals surface area contributed by atoms with Crippen LogP contribution in [0.5, 0.6) is 0 Å². The van der Waals surface area contributed by atoms with Crippen molar-refractivity contribution in [3.05, 3.63) is 42.7 Å². The Bertz CT molecular complexity index is 567. The molecule has 0 bridgehead atoms. The number of fused-ring (bicyclic) bond motifs is 3. The molecule has 1 heterocycles. The molecule has 0 spiro atoms. The normalized spacial score (nSPS) is 9.18. The summed E-state index contributed by atoms with van der Waals surface area (Å²) in [6.45, 7) is 8.00. The summed E-state index contributed by atoms with van der Waals surface area (Å²) in [5.41, 5.74) is 2.33. The highest BCUT2D eigenvalue weighted by atomic mass is 14.9. The third kappa shape index (κ3) is 2.64. The van der Waals surface area contributed by atoms with Gasteiger partial charge in [0.15, 0.2) is 11.0 Å². The van der Waals surface area contributed by atoms with Gasteiger partial charge in [0.2, 0.25) is 6.33 Å². The molecular weight excluding hydrogens is 208 g/mol. The molecule has 0 fully saturated rings. The van der Waals surface area contributed by atoms with Gasteiger partial charge >= 0.3 is 0 Å². The van der Waals surface area contributed by atoms with E-state index in [0.717, 1.165) is 5.52 Å². The Hall–Kier alpha value is -1.83. The first-order chi connectivity index (χ1) is 8.45. The van der Waals surface area contributed by atoms with Gasteiger partial charge in [-0.1, -0.05) is 45.9 Å². The highest BCUT2D eigenvalue weighted by Crippen LogP contribution is 2.19. The van der Waals surface area contributed by atoms with E-state index in [9.17, 15) is 0 Å². The van der Waals surface area contributed by atoms with E-state index < -0.39 is 0 Å². The first-order valence-corrected chi connectivity index (χ1v) is 6.32. The third-order valence-corrected chi connectivity index (χ3v) is 2.37. The Balaban J connectivity index is 0.000000330. The summed E-state index contributed by atoms with van der Waals surface area (Å²) in [7, 11) is 0. The Morgan fingerprint density at radius 2 is 1.59 bits per heavy atom. The predicted molar refractivity (Wildman–Crippen MR) is 75.1 cm³/mol. The minimum absolute atomic E-state index is 1.15. The highest BCUT2D eigenvalue weighted by Gasteiger charge is 2.04. The van der Waals surface area contributed by atoms with E-state index >= 15 is 0 Å². The van der Waals surface area contributed by atoms with Crippen LogP contribution in [-0.4, -0.2) is 4.98 Å². The molecule has 2 nitrogen and oxygen atoms in total. The van der Waals surface area contributed by atoms with Crippen molar-refractivity contribution in [3.63, 3.8) is 0 Å². The second-order valence-corrected chi connectivity index (χ2v) is 3.14. The number of aromatic nitrogens is 2. The highest BCUT2D eigenvalue weighted by molar-refractivity contribution is 6.01. The lowest BCUT2D eigenvalue weighted by Gasteiger charge is -1.93. The second kappa shape index (κ2) is 6.69. The van der Waals surface area contributed by atoms with Crippen molar-refractivity contribution in [2.75, 3.05) is 0 Å². The lowest BCUT2D eigenvalue weighted by molar-refractivity contribution is -0.343. The number of rotatable bonds is 0. The number of nitrogens with one attached hydrogen (secondary N) is 2. The van der Waals surface area contributed by atoms with Crippen LogP contribution in [0.15, 0.2) is 42.7 Å². The quantitative estimate of drug-likeness (QED) is 0.599. The number of hydrogen-bond donors (Lipinski definition) is 1. The molecule has 17 heavy (non-hydrogen) atoms. The Morgan fingerprint density at radius 1 is 0.882 bits per heavy atom. The molecule has 0 aliphatic heterocycles. The Morgan fingerprint density at radius 3 is 2.35 bits per heavy atom. The number of benzene rings is 2. The average molecular weight is 229 g/mol. The molecule has 2 heteroatoms. The molecular formula is C15H21N2+. The topological polar surface area (TPSA) is 29.9 Å². The monoisotopic (exact) mass is 229 g/mol. The summed E-state index contributed by atoms with van der Waals surface area (Å²) in [6, 6.07) is 12.6. The standard InChI is InChI=1S/C11H8N2.2C2H6/c1-2-4-9-8(3-1)5-6-10-11(9)13-7-12-10;2*1-2/h1-7H,(H,12,13);2*1-2H3/p+1. The SMILES string of the molecule is CC.CC.c1ccc2c(c1)ccc1[nH]c[nH+]c12. The van der Waals surface area contributed by atoms with E-state index in [1.54, 1.807) is 0 Å². The van der Waals surface area contributed by atoms with Gasteiger partial charge in [-0.15, -0.1) is 0 Å². The summed E-state index contributed by atoms with van der Waals surface area (Å²) < 4.78 is 0. The molecule has 0 saturated heterocycles. The zero-order chi connectivity index (χ0) is 12.7. The van der Waals surface area contributed by atoms with Crippen molar-refractivity contribution in [1.82, 2.24) is 4.98 Å². The van der Waals surface area contributed by atoms with E-state index in [0.29, 0.717) is 0 Å². The minimum Gasteiger partial charge on any atom is -0.244 e. The smallest absolute Gasteiger partial charge is 0.240 e. The average Bonchev–Trinajstić information content (AvgIpc) is 2.92. The van der Waals surface area contributed by atoms with Gasteiger partial charge in [-0.05, 0) is 23.6 Å². The molecule has 0 unspecified atom stereocenters. The fraction of sp³-hybridized carbons (Fsp3) is 0.267. The molecule has 0 radical (unpaired) electrons. The lowest BCUT2D eigenvalue weighted by atomic mass is 10.1. The van der Waals surface area contributed by atoms with Crippen molar-refractivity contribution >= 4 is 21.8 Å². The van der Waals surface area contributed by atoms with Crippen LogP contribution in [0.4, 0.5) is 0 Å². The van der Waals surface area contributed by atoms with Gasteiger partial charge in [0, 0.05) is 5.39 Å².